The monoisotopic (exact) mass is 397 g/mol. The molecule has 0 atom stereocenters. The number of aryl methyl sites for hydroxylation is 2. The van der Waals surface area contributed by atoms with Crippen molar-refractivity contribution in [2.75, 3.05) is 0 Å². The van der Waals surface area contributed by atoms with Crippen molar-refractivity contribution in [3.63, 3.8) is 0 Å². The predicted octanol–water partition coefficient (Wildman–Crippen LogP) is 1.65. The first-order valence-corrected chi connectivity index (χ1v) is 8.86. The van der Waals surface area contributed by atoms with Gasteiger partial charge in [-0.15, -0.1) is 11.3 Å². The summed E-state index contributed by atoms with van der Waals surface area (Å²) in [5.41, 5.74) is 0.890. The highest BCUT2D eigenvalue weighted by atomic mass is 79.9. The maximum Gasteiger partial charge on any atom is 0.332 e. The average Bonchev–Trinajstić information content (AvgIpc) is 3.09. The second-order valence-electron chi connectivity index (χ2n) is 5.33. The van der Waals surface area contributed by atoms with Crippen LogP contribution in [-0.4, -0.2) is 23.7 Å². The summed E-state index contributed by atoms with van der Waals surface area (Å²) in [6.45, 7) is 2.57. The van der Waals surface area contributed by atoms with E-state index in [0.29, 0.717) is 16.9 Å². The molecule has 23 heavy (non-hydrogen) atoms. The van der Waals surface area contributed by atoms with Crippen molar-refractivity contribution in [1.82, 2.24) is 23.7 Å². The normalized spacial score (nSPS) is 11.5. The molecule has 0 aromatic carbocycles. The van der Waals surface area contributed by atoms with Crippen LogP contribution in [0.25, 0.3) is 11.2 Å². The fourth-order valence-electron chi connectivity index (χ4n) is 2.51. The summed E-state index contributed by atoms with van der Waals surface area (Å²) in [5.74, 6) is 0. The number of aromatic nitrogens is 5. The van der Waals surface area contributed by atoms with E-state index in [-0.39, 0.29) is 11.2 Å². The van der Waals surface area contributed by atoms with Crippen LogP contribution in [0.15, 0.2) is 19.7 Å². The van der Waals surface area contributed by atoms with Gasteiger partial charge in [-0.2, -0.15) is 0 Å². The SMILES string of the molecule is CCCc1nc(Cn2c(Br)nc3c(=O)n(C)c(=O)n(C)c32)cs1. The first-order chi connectivity index (χ1) is 10.9. The van der Waals surface area contributed by atoms with Gasteiger partial charge in [-0.05, 0) is 28.8 Å². The molecule has 3 aromatic rings. The summed E-state index contributed by atoms with van der Waals surface area (Å²) in [4.78, 5) is 33.3. The predicted molar refractivity (Wildman–Crippen MR) is 93.1 cm³/mol. The molecular weight excluding hydrogens is 382 g/mol. The lowest BCUT2D eigenvalue weighted by molar-refractivity contribution is 0.681. The lowest BCUT2D eigenvalue weighted by Crippen LogP contribution is -2.37. The molecule has 0 radical (unpaired) electrons. The Bertz CT molecular complexity index is 997. The molecule has 3 rings (SSSR count). The number of rotatable bonds is 4. The van der Waals surface area contributed by atoms with Crippen LogP contribution < -0.4 is 11.2 Å². The van der Waals surface area contributed by atoms with E-state index in [1.807, 2.05) is 5.38 Å². The zero-order valence-electron chi connectivity index (χ0n) is 13.0. The summed E-state index contributed by atoms with van der Waals surface area (Å²) in [7, 11) is 3.09. The molecule has 3 heterocycles. The Morgan fingerprint density at radius 1 is 1.22 bits per heavy atom. The maximum absolute atomic E-state index is 12.2. The molecule has 9 heteroatoms. The highest BCUT2D eigenvalue weighted by Crippen LogP contribution is 2.20. The Labute approximate surface area is 144 Å². The zero-order chi connectivity index (χ0) is 16.7. The van der Waals surface area contributed by atoms with E-state index < -0.39 is 5.56 Å². The van der Waals surface area contributed by atoms with Gasteiger partial charge in [-0.25, -0.2) is 14.8 Å². The number of halogens is 1. The molecule has 0 aliphatic rings. The number of nitrogens with zero attached hydrogens (tertiary/aromatic N) is 5. The van der Waals surface area contributed by atoms with E-state index in [1.165, 1.54) is 11.6 Å². The number of imidazole rings is 1. The van der Waals surface area contributed by atoms with Gasteiger partial charge in [0.2, 0.25) is 0 Å². The fourth-order valence-corrected chi connectivity index (χ4v) is 3.88. The standard InChI is InChI=1S/C14H16BrN5O2S/c1-4-5-9-16-8(7-23-9)6-20-11-10(17-13(20)15)12(21)19(3)14(22)18(11)2/h7H,4-6H2,1-3H3. The molecular formula is C14H16BrN5O2S. The van der Waals surface area contributed by atoms with E-state index in [2.05, 4.69) is 32.8 Å². The number of thiazole rings is 1. The van der Waals surface area contributed by atoms with Gasteiger partial charge in [-0.3, -0.25) is 18.5 Å². The second-order valence-corrected chi connectivity index (χ2v) is 6.98. The molecule has 7 nitrogen and oxygen atoms in total. The molecule has 0 aliphatic heterocycles. The molecule has 122 valence electrons. The molecule has 0 fully saturated rings. The van der Waals surface area contributed by atoms with Gasteiger partial charge < -0.3 is 0 Å². The van der Waals surface area contributed by atoms with Gasteiger partial charge >= 0.3 is 5.69 Å². The van der Waals surface area contributed by atoms with Gasteiger partial charge in [-0.1, -0.05) is 6.92 Å². The minimum absolute atomic E-state index is 0.269. The van der Waals surface area contributed by atoms with Crippen molar-refractivity contribution in [3.8, 4) is 0 Å². The number of hydrogen-bond acceptors (Lipinski definition) is 5. The third-order valence-electron chi connectivity index (χ3n) is 3.68. The van der Waals surface area contributed by atoms with E-state index >= 15 is 0 Å². The van der Waals surface area contributed by atoms with Crippen molar-refractivity contribution in [3.05, 3.63) is 41.7 Å². The minimum atomic E-state index is -0.396. The maximum atomic E-state index is 12.2. The Hall–Kier alpha value is -1.74. The summed E-state index contributed by atoms with van der Waals surface area (Å²) in [5, 5.41) is 3.09. The lowest BCUT2D eigenvalue weighted by atomic mass is 10.3. The van der Waals surface area contributed by atoms with Crippen LogP contribution in [0.1, 0.15) is 24.0 Å². The van der Waals surface area contributed by atoms with E-state index in [4.69, 9.17) is 0 Å². The quantitative estimate of drug-likeness (QED) is 0.627. The number of fused-ring (bicyclic) bond motifs is 1. The second kappa shape index (κ2) is 6.04. The molecule has 0 bridgehead atoms. The molecule has 0 N–H and O–H groups in total. The molecule has 0 saturated heterocycles. The molecule has 0 unspecified atom stereocenters. The first kappa shape index (κ1) is 16.1. The average molecular weight is 398 g/mol. The van der Waals surface area contributed by atoms with E-state index in [0.717, 1.165) is 28.1 Å². The van der Waals surface area contributed by atoms with Gasteiger partial charge in [0.25, 0.3) is 5.56 Å². The van der Waals surface area contributed by atoms with Gasteiger partial charge in [0.05, 0.1) is 17.2 Å². The summed E-state index contributed by atoms with van der Waals surface area (Å²) < 4.78 is 4.81. The van der Waals surface area contributed by atoms with Crippen LogP contribution in [0.3, 0.4) is 0 Å². The molecule has 3 aromatic heterocycles. The highest BCUT2D eigenvalue weighted by molar-refractivity contribution is 9.10. The zero-order valence-corrected chi connectivity index (χ0v) is 15.4. The third-order valence-corrected chi connectivity index (χ3v) is 5.24. The Morgan fingerprint density at radius 2 is 1.96 bits per heavy atom. The van der Waals surface area contributed by atoms with Crippen molar-refractivity contribution >= 4 is 38.4 Å². The van der Waals surface area contributed by atoms with Gasteiger partial charge in [0, 0.05) is 19.5 Å². The summed E-state index contributed by atoms with van der Waals surface area (Å²) >= 11 is 5.01. The van der Waals surface area contributed by atoms with Crippen LogP contribution in [0.4, 0.5) is 0 Å². The Balaban J connectivity index is 2.15. The minimum Gasteiger partial charge on any atom is -0.298 e. The fraction of sp³-hybridized carbons (Fsp3) is 0.429. The molecule has 0 spiro atoms. The van der Waals surface area contributed by atoms with Crippen LogP contribution in [0.5, 0.6) is 0 Å². The van der Waals surface area contributed by atoms with E-state index in [9.17, 15) is 9.59 Å². The third kappa shape index (κ3) is 2.67. The summed E-state index contributed by atoms with van der Waals surface area (Å²) in [6.07, 6.45) is 2.00. The van der Waals surface area contributed by atoms with Crippen molar-refractivity contribution in [2.24, 2.45) is 14.1 Å². The van der Waals surface area contributed by atoms with Crippen LogP contribution in [-0.2, 0) is 27.1 Å². The smallest absolute Gasteiger partial charge is 0.298 e. The molecule has 0 aliphatic carbocycles. The Morgan fingerprint density at radius 3 is 2.65 bits per heavy atom. The van der Waals surface area contributed by atoms with Crippen molar-refractivity contribution in [2.45, 2.75) is 26.3 Å². The highest BCUT2D eigenvalue weighted by Gasteiger charge is 2.18. The molecule has 0 saturated carbocycles. The summed E-state index contributed by atoms with van der Waals surface area (Å²) in [6, 6.07) is 0. The van der Waals surface area contributed by atoms with Crippen LogP contribution >= 0.6 is 27.3 Å². The van der Waals surface area contributed by atoms with Gasteiger partial charge in [0.15, 0.2) is 15.9 Å². The lowest BCUT2D eigenvalue weighted by Gasteiger charge is -2.08. The largest absolute Gasteiger partial charge is 0.332 e. The van der Waals surface area contributed by atoms with Crippen LogP contribution in [0, 0.1) is 0 Å². The number of hydrogen-bond donors (Lipinski definition) is 0. The first-order valence-electron chi connectivity index (χ1n) is 7.19. The van der Waals surface area contributed by atoms with E-state index in [1.54, 1.807) is 23.0 Å². The van der Waals surface area contributed by atoms with Crippen molar-refractivity contribution in [1.29, 1.82) is 0 Å². The Kier molecular flexibility index (Phi) is 4.24. The van der Waals surface area contributed by atoms with Crippen LogP contribution in [0.2, 0.25) is 0 Å². The topological polar surface area (TPSA) is 74.7 Å². The van der Waals surface area contributed by atoms with Gasteiger partial charge in [0.1, 0.15) is 0 Å². The van der Waals surface area contributed by atoms with Crippen molar-refractivity contribution < 1.29 is 0 Å². The molecule has 0 amide bonds.